The molecule has 1 saturated carbocycles. The number of halogens is 1. The van der Waals surface area contributed by atoms with Gasteiger partial charge in [-0.2, -0.15) is 0 Å². The molecule has 1 aliphatic rings. The Balaban J connectivity index is 1.50. The molecule has 0 unspecified atom stereocenters. The second-order valence-corrected chi connectivity index (χ2v) is 6.52. The van der Waals surface area contributed by atoms with Gasteiger partial charge < -0.3 is 15.4 Å². The fraction of sp³-hybridized carbons (Fsp3) is 0.263. The SMILES string of the molecule is Cc1ccc(Cl)c(OCC(=O)Nc2ccc(NC(=O)C3CC3)cc2)c1. The van der Waals surface area contributed by atoms with Gasteiger partial charge in [0.1, 0.15) is 5.75 Å². The highest BCUT2D eigenvalue weighted by Gasteiger charge is 2.29. The zero-order chi connectivity index (χ0) is 17.8. The maximum atomic E-state index is 12.0. The van der Waals surface area contributed by atoms with Crippen molar-refractivity contribution in [1.29, 1.82) is 0 Å². The normalized spacial score (nSPS) is 13.2. The van der Waals surface area contributed by atoms with E-state index in [9.17, 15) is 9.59 Å². The number of aryl methyl sites for hydroxylation is 1. The van der Waals surface area contributed by atoms with E-state index in [1.807, 2.05) is 13.0 Å². The summed E-state index contributed by atoms with van der Waals surface area (Å²) in [6.45, 7) is 1.79. The third-order valence-electron chi connectivity index (χ3n) is 3.83. The Hall–Kier alpha value is -2.53. The van der Waals surface area contributed by atoms with E-state index in [-0.39, 0.29) is 24.3 Å². The maximum absolute atomic E-state index is 12.0. The van der Waals surface area contributed by atoms with Crippen LogP contribution in [-0.4, -0.2) is 18.4 Å². The van der Waals surface area contributed by atoms with Gasteiger partial charge in [-0.15, -0.1) is 0 Å². The van der Waals surface area contributed by atoms with E-state index >= 15 is 0 Å². The Kier molecular flexibility index (Phi) is 5.24. The molecule has 3 rings (SSSR count). The van der Waals surface area contributed by atoms with Crippen molar-refractivity contribution in [1.82, 2.24) is 0 Å². The molecule has 1 fully saturated rings. The number of benzene rings is 2. The lowest BCUT2D eigenvalue weighted by atomic mass is 10.2. The van der Waals surface area contributed by atoms with Crippen molar-refractivity contribution in [2.24, 2.45) is 5.92 Å². The van der Waals surface area contributed by atoms with Crippen LogP contribution in [0.1, 0.15) is 18.4 Å². The van der Waals surface area contributed by atoms with Crippen LogP contribution in [0.3, 0.4) is 0 Å². The van der Waals surface area contributed by atoms with Crippen LogP contribution in [0.25, 0.3) is 0 Å². The first kappa shape index (κ1) is 17.3. The number of anilines is 2. The standard InChI is InChI=1S/C19H19ClN2O3/c1-12-2-9-16(20)17(10-12)25-11-18(23)21-14-5-7-15(8-6-14)22-19(24)13-3-4-13/h2,5-10,13H,3-4,11H2,1H3,(H,21,23)(H,22,24). The van der Waals surface area contributed by atoms with E-state index in [4.69, 9.17) is 16.3 Å². The van der Waals surface area contributed by atoms with Crippen LogP contribution in [0.4, 0.5) is 11.4 Å². The summed E-state index contributed by atoms with van der Waals surface area (Å²) < 4.78 is 5.46. The summed E-state index contributed by atoms with van der Waals surface area (Å²) in [5, 5.41) is 6.06. The topological polar surface area (TPSA) is 67.4 Å². The van der Waals surface area contributed by atoms with Crippen molar-refractivity contribution in [2.45, 2.75) is 19.8 Å². The number of ether oxygens (including phenoxy) is 1. The van der Waals surface area contributed by atoms with E-state index in [0.29, 0.717) is 16.5 Å². The third kappa shape index (κ3) is 4.97. The van der Waals surface area contributed by atoms with Crippen LogP contribution in [0.5, 0.6) is 5.75 Å². The summed E-state index contributed by atoms with van der Waals surface area (Å²) in [6, 6.07) is 12.4. The summed E-state index contributed by atoms with van der Waals surface area (Å²) in [7, 11) is 0. The summed E-state index contributed by atoms with van der Waals surface area (Å²) >= 11 is 6.03. The molecule has 0 aliphatic heterocycles. The Morgan fingerprint density at radius 3 is 2.36 bits per heavy atom. The van der Waals surface area contributed by atoms with E-state index in [1.165, 1.54) is 0 Å². The Morgan fingerprint density at radius 2 is 1.72 bits per heavy atom. The molecule has 0 radical (unpaired) electrons. The van der Waals surface area contributed by atoms with E-state index < -0.39 is 0 Å². The van der Waals surface area contributed by atoms with Crippen LogP contribution < -0.4 is 15.4 Å². The molecule has 0 heterocycles. The quantitative estimate of drug-likeness (QED) is 0.819. The molecule has 0 bridgehead atoms. The molecule has 130 valence electrons. The van der Waals surface area contributed by atoms with Crippen molar-refractivity contribution in [3.05, 3.63) is 53.1 Å². The van der Waals surface area contributed by atoms with Gasteiger partial charge in [0, 0.05) is 17.3 Å². The van der Waals surface area contributed by atoms with Gasteiger partial charge in [0.15, 0.2) is 6.61 Å². The number of amides is 2. The van der Waals surface area contributed by atoms with Gasteiger partial charge in [0.25, 0.3) is 5.91 Å². The number of hydrogen-bond donors (Lipinski definition) is 2. The molecule has 2 amide bonds. The predicted molar refractivity (Wildman–Crippen MR) is 98.1 cm³/mol. The fourth-order valence-electron chi connectivity index (χ4n) is 2.29. The average Bonchev–Trinajstić information content (AvgIpc) is 3.42. The van der Waals surface area contributed by atoms with E-state index in [1.54, 1.807) is 36.4 Å². The van der Waals surface area contributed by atoms with Crippen LogP contribution >= 0.6 is 11.6 Å². The first-order valence-electron chi connectivity index (χ1n) is 8.11. The molecule has 25 heavy (non-hydrogen) atoms. The second-order valence-electron chi connectivity index (χ2n) is 6.11. The van der Waals surface area contributed by atoms with Gasteiger partial charge in [-0.3, -0.25) is 9.59 Å². The van der Waals surface area contributed by atoms with Crippen molar-refractivity contribution in [3.63, 3.8) is 0 Å². The molecule has 2 aromatic carbocycles. The molecular formula is C19H19ClN2O3. The van der Waals surface area contributed by atoms with Crippen molar-refractivity contribution < 1.29 is 14.3 Å². The monoisotopic (exact) mass is 358 g/mol. The Labute approximate surface area is 151 Å². The van der Waals surface area contributed by atoms with Crippen molar-refractivity contribution >= 4 is 34.8 Å². The lowest BCUT2D eigenvalue weighted by molar-refractivity contribution is -0.118. The molecule has 1 aliphatic carbocycles. The largest absolute Gasteiger partial charge is 0.482 e. The van der Waals surface area contributed by atoms with Crippen LogP contribution in [0.15, 0.2) is 42.5 Å². The van der Waals surface area contributed by atoms with E-state index in [2.05, 4.69) is 10.6 Å². The van der Waals surface area contributed by atoms with Crippen molar-refractivity contribution in [2.75, 3.05) is 17.2 Å². The highest BCUT2D eigenvalue weighted by atomic mass is 35.5. The van der Waals surface area contributed by atoms with Gasteiger partial charge in [0.2, 0.25) is 5.91 Å². The predicted octanol–water partition coefficient (Wildman–Crippen LogP) is 4.01. The second kappa shape index (κ2) is 7.57. The number of carbonyl (C=O) groups is 2. The summed E-state index contributed by atoms with van der Waals surface area (Å²) in [6.07, 6.45) is 1.93. The van der Waals surface area contributed by atoms with Gasteiger partial charge >= 0.3 is 0 Å². The zero-order valence-electron chi connectivity index (χ0n) is 13.8. The number of carbonyl (C=O) groups excluding carboxylic acids is 2. The first-order valence-corrected chi connectivity index (χ1v) is 8.49. The number of nitrogens with one attached hydrogen (secondary N) is 2. The van der Waals surface area contributed by atoms with Gasteiger partial charge in [0.05, 0.1) is 5.02 Å². The lowest BCUT2D eigenvalue weighted by Gasteiger charge is -2.10. The van der Waals surface area contributed by atoms with Gasteiger partial charge in [-0.1, -0.05) is 17.7 Å². The zero-order valence-corrected chi connectivity index (χ0v) is 14.6. The highest BCUT2D eigenvalue weighted by Crippen LogP contribution is 2.30. The summed E-state index contributed by atoms with van der Waals surface area (Å²) in [4.78, 5) is 23.7. The number of rotatable bonds is 6. The molecule has 0 aromatic heterocycles. The Bertz CT molecular complexity index is 786. The minimum Gasteiger partial charge on any atom is -0.482 e. The van der Waals surface area contributed by atoms with Gasteiger partial charge in [-0.05, 0) is 61.7 Å². The highest BCUT2D eigenvalue weighted by molar-refractivity contribution is 6.32. The molecule has 0 saturated heterocycles. The average molecular weight is 359 g/mol. The molecule has 0 spiro atoms. The molecular weight excluding hydrogens is 340 g/mol. The molecule has 2 aromatic rings. The lowest BCUT2D eigenvalue weighted by Crippen LogP contribution is -2.20. The minimum absolute atomic E-state index is 0.0558. The molecule has 2 N–H and O–H groups in total. The van der Waals surface area contributed by atoms with E-state index in [0.717, 1.165) is 24.1 Å². The Morgan fingerprint density at radius 1 is 1.08 bits per heavy atom. The molecule has 6 heteroatoms. The first-order chi connectivity index (χ1) is 12.0. The molecule has 0 atom stereocenters. The fourth-order valence-corrected chi connectivity index (χ4v) is 2.46. The maximum Gasteiger partial charge on any atom is 0.262 e. The van der Waals surface area contributed by atoms with Crippen LogP contribution in [0.2, 0.25) is 5.02 Å². The third-order valence-corrected chi connectivity index (χ3v) is 4.14. The summed E-state index contributed by atoms with van der Waals surface area (Å²) in [5.74, 6) is 0.410. The van der Waals surface area contributed by atoms with Crippen molar-refractivity contribution in [3.8, 4) is 5.75 Å². The summed E-state index contributed by atoms with van der Waals surface area (Å²) in [5.41, 5.74) is 2.36. The smallest absolute Gasteiger partial charge is 0.262 e. The van der Waals surface area contributed by atoms with Crippen LogP contribution in [0, 0.1) is 12.8 Å². The molecule has 5 nitrogen and oxygen atoms in total. The van der Waals surface area contributed by atoms with Gasteiger partial charge in [-0.25, -0.2) is 0 Å². The number of hydrogen-bond acceptors (Lipinski definition) is 3. The minimum atomic E-state index is -0.285. The van der Waals surface area contributed by atoms with Crippen LogP contribution in [-0.2, 0) is 9.59 Å².